The van der Waals surface area contributed by atoms with Gasteiger partial charge in [-0.2, -0.15) is 4.31 Å². The Bertz CT molecular complexity index is 1030. The highest BCUT2D eigenvalue weighted by Gasteiger charge is 2.28. The van der Waals surface area contributed by atoms with Gasteiger partial charge in [0.05, 0.1) is 10.5 Å². The van der Waals surface area contributed by atoms with Crippen LogP contribution in [0, 0.1) is 0 Å². The third kappa shape index (κ3) is 5.55. The van der Waals surface area contributed by atoms with Crippen molar-refractivity contribution in [2.45, 2.75) is 50.5 Å². The van der Waals surface area contributed by atoms with Crippen LogP contribution in [0.15, 0.2) is 59.5 Å². The summed E-state index contributed by atoms with van der Waals surface area (Å²) in [4.78, 5) is 27.2. The number of hydrogen-bond donors (Lipinski definition) is 0. The number of para-hydroxylation sites is 1. The van der Waals surface area contributed by atoms with Gasteiger partial charge in [0.1, 0.15) is 0 Å². The third-order valence-corrected chi connectivity index (χ3v) is 7.45. The monoisotopic (exact) mass is 458 g/mol. The normalized spacial score (nSPS) is 16.1. The number of amides is 1. The molecule has 2 aromatic rings. The van der Waals surface area contributed by atoms with Gasteiger partial charge in [0, 0.05) is 25.3 Å². The van der Waals surface area contributed by atoms with Gasteiger partial charge in [-0.3, -0.25) is 4.79 Å². The first kappa shape index (κ1) is 23.9. The van der Waals surface area contributed by atoms with E-state index >= 15 is 0 Å². The Morgan fingerprint density at radius 1 is 1.00 bits per heavy atom. The summed E-state index contributed by atoms with van der Waals surface area (Å²) in [6, 6.07) is 15.0. The molecule has 1 amide bonds. The number of benzene rings is 2. The van der Waals surface area contributed by atoms with Gasteiger partial charge in [-0.15, -0.1) is 0 Å². The maximum Gasteiger partial charge on any atom is 0.338 e. The van der Waals surface area contributed by atoms with E-state index in [4.69, 9.17) is 4.74 Å². The Labute approximate surface area is 190 Å². The minimum Gasteiger partial charge on any atom is -0.449 e. The van der Waals surface area contributed by atoms with Crippen LogP contribution in [-0.4, -0.2) is 50.3 Å². The molecule has 0 bridgehead atoms. The number of rotatable bonds is 7. The lowest BCUT2D eigenvalue weighted by Gasteiger charge is -2.24. The average Bonchev–Trinajstić information content (AvgIpc) is 3.10. The summed E-state index contributed by atoms with van der Waals surface area (Å²) in [5.74, 6) is -1.08. The van der Waals surface area contributed by atoms with Crippen LogP contribution in [0.4, 0.5) is 5.69 Å². The van der Waals surface area contributed by atoms with Gasteiger partial charge >= 0.3 is 5.97 Å². The number of carbonyl (C=O) groups excluding carboxylic acids is 2. The molecule has 0 aliphatic carbocycles. The molecule has 1 fully saturated rings. The fourth-order valence-electron chi connectivity index (χ4n) is 3.79. The van der Waals surface area contributed by atoms with Gasteiger partial charge in [0.2, 0.25) is 10.0 Å². The van der Waals surface area contributed by atoms with Crippen LogP contribution in [0.25, 0.3) is 0 Å². The SMILES string of the molecule is CCN(C(=O)[C@@H](C)OC(=O)c1cccc(S(=O)(=O)N2CCCCCC2)c1)c1ccccc1. The van der Waals surface area contributed by atoms with E-state index in [9.17, 15) is 18.0 Å². The Morgan fingerprint density at radius 3 is 2.28 bits per heavy atom. The second-order valence-corrected chi connectivity index (χ2v) is 9.75. The predicted molar refractivity (Wildman–Crippen MR) is 123 cm³/mol. The van der Waals surface area contributed by atoms with E-state index in [0.717, 1.165) is 25.7 Å². The number of carbonyl (C=O) groups is 2. The fraction of sp³-hybridized carbons (Fsp3) is 0.417. The third-order valence-electron chi connectivity index (χ3n) is 5.55. The minimum absolute atomic E-state index is 0.0623. The summed E-state index contributed by atoms with van der Waals surface area (Å²) in [5, 5.41) is 0. The summed E-state index contributed by atoms with van der Waals surface area (Å²) >= 11 is 0. The first-order valence-electron chi connectivity index (χ1n) is 11.0. The summed E-state index contributed by atoms with van der Waals surface area (Å²) < 4.78 is 33.0. The van der Waals surface area contributed by atoms with Crippen LogP contribution in [0.2, 0.25) is 0 Å². The van der Waals surface area contributed by atoms with E-state index in [1.807, 2.05) is 37.3 Å². The molecule has 0 radical (unpaired) electrons. The van der Waals surface area contributed by atoms with Gasteiger partial charge in [0.15, 0.2) is 6.10 Å². The van der Waals surface area contributed by atoms with E-state index in [2.05, 4.69) is 0 Å². The van der Waals surface area contributed by atoms with Crippen molar-refractivity contribution in [1.82, 2.24) is 4.31 Å². The second-order valence-electron chi connectivity index (χ2n) is 7.81. The lowest BCUT2D eigenvalue weighted by Crippen LogP contribution is -2.40. The molecule has 0 spiro atoms. The molecule has 1 aliphatic heterocycles. The average molecular weight is 459 g/mol. The van der Waals surface area contributed by atoms with Gasteiger partial charge in [-0.05, 0) is 57.0 Å². The minimum atomic E-state index is -3.69. The van der Waals surface area contributed by atoms with E-state index in [-0.39, 0.29) is 16.4 Å². The van der Waals surface area contributed by atoms with Crippen LogP contribution >= 0.6 is 0 Å². The molecule has 0 aromatic heterocycles. The van der Waals surface area contributed by atoms with E-state index < -0.39 is 22.1 Å². The highest BCUT2D eigenvalue weighted by atomic mass is 32.2. The molecule has 3 rings (SSSR count). The van der Waals surface area contributed by atoms with Crippen molar-refractivity contribution in [3.8, 4) is 0 Å². The van der Waals surface area contributed by atoms with Crippen LogP contribution in [0.1, 0.15) is 49.9 Å². The summed E-state index contributed by atoms with van der Waals surface area (Å²) in [6.07, 6.45) is 2.67. The summed E-state index contributed by atoms with van der Waals surface area (Å²) in [6.45, 7) is 4.75. The second kappa shape index (κ2) is 10.7. The first-order chi connectivity index (χ1) is 15.3. The molecule has 2 aromatic carbocycles. The highest BCUT2D eigenvalue weighted by Crippen LogP contribution is 2.22. The van der Waals surface area contributed by atoms with Crippen LogP contribution in [0.5, 0.6) is 0 Å². The van der Waals surface area contributed by atoms with Crippen LogP contribution < -0.4 is 4.90 Å². The Hall–Kier alpha value is -2.71. The lowest BCUT2D eigenvalue weighted by atomic mass is 10.2. The number of hydrogen-bond acceptors (Lipinski definition) is 5. The zero-order valence-electron chi connectivity index (χ0n) is 18.6. The van der Waals surface area contributed by atoms with Crippen LogP contribution in [0.3, 0.4) is 0 Å². The first-order valence-corrected chi connectivity index (χ1v) is 12.5. The number of esters is 1. The Balaban J connectivity index is 1.73. The molecular formula is C24H30N2O5S. The maximum atomic E-state index is 13.0. The van der Waals surface area contributed by atoms with Crippen molar-refractivity contribution in [3.05, 3.63) is 60.2 Å². The van der Waals surface area contributed by atoms with E-state index in [0.29, 0.717) is 25.3 Å². The largest absolute Gasteiger partial charge is 0.449 e. The molecule has 8 heteroatoms. The van der Waals surface area contributed by atoms with Crippen molar-refractivity contribution in [1.29, 1.82) is 0 Å². The van der Waals surface area contributed by atoms with Crippen molar-refractivity contribution in [2.24, 2.45) is 0 Å². The standard InChI is InChI=1S/C24H30N2O5S/c1-3-26(21-13-7-6-8-14-21)23(27)19(2)31-24(28)20-12-11-15-22(18-20)32(29,30)25-16-9-4-5-10-17-25/h6-8,11-15,18-19H,3-5,9-10,16-17H2,1-2H3/t19-/m1/s1. The van der Waals surface area contributed by atoms with Crippen molar-refractivity contribution >= 4 is 27.6 Å². The molecule has 7 nitrogen and oxygen atoms in total. The number of likely N-dealkylation sites (N-methyl/N-ethyl adjacent to an activating group) is 1. The molecule has 1 aliphatic rings. The smallest absolute Gasteiger partial charge is 0.338 e. The van der Waals surface area contributed by atoms with E-state index in [1.54, 1.807) is 0 Å². The van der Waals surface area contributed by atoms with Gasteiger partial charge in [0.25, 0.3) is 5.91 Å². The van der Waals surface area contributed by atoms with Crippen molar-refractivity contribution in [2.75, 3.05) is 24.5 Å². The highest BCUT2D eigenvalue weighted by molar-refractivity contribution is 7.89. The quantitative estimate of drug-likeness (QED) is 0.589. The van der Waals surface area contributed by atoms with Gasteiger partial charge < -0.3 is 9.64 Å². The zero-order valence-corrected chi connectivity index (χ0v) is 19.4. The number of anilines is 1. The molecule has 0 saturated carbocycles. The van der Waals surface area contributed by atoms with Crippen molar-refractivity contribution in [3.63, 3.8) is 0 Å². The summed E-state index contributed by atoms with van der Waals surface area (Å²) in [7, 11) is -3.69. The fourth-order valence-corrected chi connectivity index (χ4v) is 5.35. The van der Waals surface area contributed by atoms with Crippen LogP contribution in [-0.2, 0) is 19.6 Å². The predicted octanol–water partition coefficient (Wildman–Crippen LogP) is 3.85. The van der Waals surface area contributed by atoms with E-state index in [1.165, 1.54) is 40.4 Å². The van der Waals surface area contributed by atoms with Crippen molar-refractivity contribution < 1.29 is 22.7 Å². The Kier molecular flexibility index (Phi) is 8.04. The molecule has 172 valence electrons. The molecule has 1 saturated heterocycles. The molecule has 1 atom stereocenters. The zero-order chi connectivity index (χ0) is 23.1. The maximum absolute atomic E-state index is 13.0. The number of nitrogens with zero attached hydrogens (tertiary/aromatic N) is 2. The topological polar surface area (TPSA) is 84.0 Å². The molecule has 1 heterocycles. The Morgan fingerprint density at radius 2 is 1.66 bits per heavy atom. The van der Waals surface area contributed by atoms with Gasteiger partial charge in [-0.25, -0.2) is 13.2 Å². The summed E-state index contributed by atoms with van der Waals surface area (Å²) in [5.41, 5.74) is 0.816. The lowest BCUT2D eigenvalue weighted by molar-refractivity contribution is -0.126. The molecule has 32 heavy (non-hydrogen) atoms. The molecular weight excluding hydrogens is 428 g/mol. The molecule has 0 unspecified atom stereocenters. The number of ether oxygens (including phenoxy) is 1. The molecule has 0 N–H and O–H groups in total. The van der Waals surface area contributed by atoms with Gasteiger partial charge in [-0.1, -0.05) is 37.1 Å². The number of sulfonamides is 1.